The van der Waals surface area contributed by atoms with E-state index in [9.17, 15) is 12.6 Å². The summed E-state index contributed by atoms with van der Waals surface area (Å²) in [5.41, 5.74) is 0. The summed E-state index contributed by atoms with van der Waals surface area (Å²) in [6.45, 7) is 1.94. The number of imidazole rings is 1. The molecule has 10 heteroatoms. The summed E-state index contributed by atoms with van der Waals surface area (Å²) < 4.78 is 40.0. The van der Waals surface area contributed by atoms with Gasteiger partial charge in [0, 0.05) is 47.5 Å². The van der Waals surface area contributed by atoms with Gasteiger partial charge in [0.05, 0.1) is 0 Å². The van der Waals surface area contributed by atoms with Crippen LogP contribution in [0.3, 0.4) is 0 Å². The zero-order valence-electron chi connectivity index (χ0n) is 11.1. The third kappa shape index (κ3) is 3.03. The fourth-order valence-electron chi connectivity index (χ4n) is 1.69. The van der Waals surface area contributed by atoms with Gasteiger partial charge in [-0.1, -0.05) is 6.92 Å². The molecule has 112 valence electrons. The highest BCUT2D eigenvalue weighted by Crippen LogP contribution is 2.24. The first kappa shape index (κ1) is 15.4. The largest absolute Gasteiger partial charge is 0.371 e. The van der Waals surface area contributed by atoms with Crippen LogP contribution in [0.2, 0.25) is 0 Å². The van der Waals surface area contributed by atoms with Gasteiger partial charge in [-0.3, -0.25) is 8.61 Å². The molecule has 0 spiro atoms. The summed E-state index contributed by atoms with van der Waals surface area (Å²) in [4.78, 5) is 4.81. The van der Waals surface area contributed by atoms with E-state index in [4.69, 9.17) is 0 Å². The lowest BCUT2D eigenvalue weighted by atomic mass is 10.7. The lowest BCUT2D eigenvalue weighted by Gasteiger charge is -2.07. The number of nitrogens with one attached hydrogen (secondary N) is 2. The van der Waals surface area contributed by atoms with E-state index in [0.717, 1.165) is 0 Å². The van der Waals surface area contributed by atoms with E-state index in [0.29, 0.717) is 22.3 Å². The first-order chi connectivity index (χ1) is 9.49. The van der Waals surface area contributed by atoms with Gasteiger partial charge in [-0.15, -0.1) is 11.3 Å². The number of fused-ring (bicyclic) bond motifs is 1. The van der Waals surface area contributed by atoms with Crippen LogP contribution in [0, 0.1) is 0 Å². The van der Waals surface area contributed by atoms with E-state index in [2.05, 4.69) is 15.0 Å². The number of anilines is 1. The Labute approximate surface area is 123 Å². The maximum absolute atomic E-state index is 12.3. The molecule has 20 heavy (non-hydrogen) atoms. The Kier molecular flexibility index (Phi) is 4.78. The smallest absolute Gasteiger partial charge is 0.260 e. The number of thiazole rings is 1. The molecule has 0 aliphatic heterocycles. The number of aromatic nitrogens is 2. The molecule has 0 fully saturated rings. The fourth-order valence-corrected chi connectivity index (χ4v) is 4.52. The molecule has 0 saturated carbocycles. The zero-order valence-corrected chi connectivity index (χ0v) is 13.6. The van der Waals surface area contributed by atoms with Gasteiger partial charge in [0.15, 0.2) is 15.8 Å². The summed E-state index contributed by atoms with van der Waals surface area (Å²) >= 11 is 1.36. The molecule has 2 aromatic rings. The summed E-state index contributed by atoms with van der Waals surface area (Å²) in [5.74, 6) is 1.13. The van der Waals surface area contributed by atoms with Crippen molar-refractivity contribution < 1.29 is 12.6 Å². The lowest BCUT2D eigenvalue weighted by Crippen LogP contribution is -2.29. The first-order valence-electron chi connectivity index (χ1n) is 5.97. The molecule has 1 unspecified atom stereocenters. The molecule has 0 aromatic carbocycles. The van der Waals surface area contributed by atoms with Crippen molar-refractivity contribution in [3.63, 3.8) is 0 Å². The zero-order chi connectivity index (χ0) is 14.8. The quantitative estimate of drug-likeness (QED) is 0.767. The second kappa shape index (κ2) is 6.20. The van der Waals surface area contributed by atoms with E-state index in [1.165, 1.54) is 15.7 Å². The Hall–Kier alpha value is -0.970. The van der Waals surface area contributed by atoms with Crippen LogP contribution in [0.1, 0.15) is 6.92 Å². The van der Waals surface area contributed by atoms with E-state index in [1.807, 2.05) is 0 Å². The van der Waals surface area contributed by atoms with Crippen molar-refractivity contribution >= 4 is 42.9 Å². The van der Waals surface area contributed by atoms with Crippen LogP contribution in [-0.2, 0) is 20.8 Å². The number of nitrogens with zero attached hydrogens (tertiary/aromatic N) is 2. The van der Waals surface area contributed by atoms with Crippen LogP contribution < -0.4 is 10.0 Å². The monoisotopic (exact) mass is 336 g/mol. The molecule has 0 bridgehead atoms. The molecule has 2 aromatic heterocycles. The summed E-state index contributed by atoms with van der Waals surface area (Å²) in [7, 11) is -3.08. The van der Waals surface area contributed by atoms with Crippen molar-refractivity contribution in [2.24, 2.45) is 0 Å². The maximum Gasteiger partial charge on any atom is 0.260 e. The van der Waals surface area contributed by atoms with Crippen LogP contribution in [0.5, 0.6) is 0 Å². The van der Waals surface area contributed by atoms with Gasteiger partial charge in [-0.05, 0) is 0 Å². The van der Waals surface area contributed by atoms with E-state index in [1.54, 1.807) is 25.5 Å². The summed E-state index contributed by atoms with van der Waals surface area (Å²) in [6, 6.07) is 0. The van der Waals surface area contributed by atoms with Gasteiger partial charge in [-0.25, -0.2) is 18.1 Å². The molecule has 2 rings (SSSR count). The van der Waals surface area contributed by atoms with Gasteiger partial charge >= 0.3 is 0 Å². The molecule has 0 saturated heterocycles. The molecule has 0 aliphatic carbocycles. The molecular formula is C10H16N4O3S3. The Morgan fingerprint density at radius 1 is 1.50 bits per heavy atom. The van der Waals surface area contributed by atoms with Crippen LogP contribution in [-0.4, -0.2) is 47.1 Å². The van der Waals surface area contributed by atoms with E-state index in [-0.39, 0.29) is 11.6 Å². The highest BCUT2D eigenvalue weighted by atomic mass is 32.2. The highest BCUT2D eigenvalue weighted by molar-refractivity contribution is 7.89. The van der Waals surface area contributed by atoms with Crippen LogP contribution >= 0.6 is 11.3 Å². The van der Waals surface area contributed by atoms with Crippen molar-refractivity contribution in [3.05, 3.63) is 11.6 Å². The predicted octanol–water partition coefficient (Wildman–Crippen LogP) is 0.484. The number of hydrogen-bond donors (Lipinski definition) is 2. The average molecular weight is 336 g/mol. The first-order valence-corrected chi connectivity index (χ1v) is 9.82. The van der Waals surface area contributed by atoms with Gasteiger partial charge in [0.25, 0.3) is 10.0 Å². The van der Waals surface area contributed by atoms with Crippen LogP contribution in [0.15, 0.2) is 16.6 Å². The molecule has 0 radical (unpaired) electrons. The molecule has 1 atom stereocenters. The lowest BCUT2D eigenvalue weighted by molar-refractivity contribution is 0.579. The second-order valence-electron chi connectivity index (χ2n) is 3.90. The Balaban J connectivity index is 2.26. The van der Waals surface area contributed by atoms with Crippen molar-refractivity contribution in [1.82, 2.24) is 14.1 Å². The van der Waals surface area contributed by atoms with E-state index >= 15 is 0 Å². The van der Waals surface area contributed by atoms with Crippen molar-refractivity contribution in [2.45, 2.75) is 11.9 Å². The molecule has 0 amide bonds. The number of hydrogen-bond acceptors (Lipinski definition) is 6. The molecule has 2 N–H and O–H groups in total. The number of rotatable bonds is 7. The summed E-state index contributed by atoms with van der Waals surface area (Å²) in [6.07, 6.45) is 1.66. The van der Waals surface area contributed by atoms with Gasteiger partial charge < -0.3 is 5.32 Å². The minimum atomic E-state index is -3.70. The Morgan fingerprint density at radius 3 is 2.90 bits per heavy atom. The Morgan fingerprint density at radius 2 is 2.25 bits per heavy atom. The molecule has 0 aliphatic rings. The highest BCUT2D eigenvalue weighted by Gasteiger charge is 2.25. The maximum atomic E-state index is 12.3. The average Bonchev–Trinajstić information content (AvgIpc) is 2.97. The SMILES string of the molecule is CCS(=O)CCNS(=O)(=O)c1c(NC)nc2sccn12. The molecule has 7 nitrogen and oxygen atoms in total. The van der Waals surface area contributed by atoms with Crippen LogP contribution in [0.4, 0.5) is 5.82 Å². The van der Waals surface area contributed by atoms with Crippen molar-refractivity contribution in [3.8, 4) is 0 Å². The summed E-state index contributed by atoms with van der Waals surface area (Å²) in [5, 5.41) is 4.64. The minimum absolute atomic E-state index is 0.0820. The topological polar surface area (TPSA) is 92.6 Å². The second-order valence-corrected chi connectivity index (χ2v) is 8.32. The van der Waals surface area contributed by atoms with Gasteiger partial charge in [0.2, 0.25) is 0 Å². The molecule has 2 heterocycles. The van der Waals surface area contributed by atoms with E-state index < -0.39 is 20.8 Å². The Bertz CT molecular complexity index is 719. The normalized spacial score (nSPS) is 13.7. The van der Waals surface area contributed by atoms with Crippen molar-refractivity contribution in [2.75, 3.05) is 30.4 Å². The van der Waals surface area contributed by atoms with Crippen molar-refractivity contribution in [1.29, 1.82) is 0 Å². The van der Waals surface area contributed by atoms with Gasteiger partial charge in [0.1, 0.15) is 0 Å². The van der Waals surface area contributed by atoms with Crippen LogP contribution in [0.25, 0.3) is 4.96 Å². The third-order valence-electron chi connectivity index (χ3n) is 2.65. The minimum Gasteiger partial charge on any atom is -0.371 e. The number of sulfonamides is 1. The fraction of sp³-hybridized carbons (Fsp3) is 0.500. The molecular weight excluding hydrogens is 320 g/mol. The standard InChI is InChI=1S/C10H16N4O3S3/c1-3-19(15)7-4-12-20(16,17)9-8(11-2)13-10-14(9)5-6-18-10/h5-6,11-12H,3-4,7H2,1-2H3. The predicted molar refractivity (Wildman–Crippen MR) is 81.4 cm³/mol. The van der Waals surface area contributed by atoms with Gasteiger partial charge in [-0.2, -0.15) is 0 Å². The third-order valence-corrected chi connectivity index (χ3v) is 6.20.